The maximum atomic E-state index is 4.29. The molecular weight excluding hydrogens is 152 g/mol. The standard InChI is InChI=1S/C8H12N4/c1-2-7-5-3-4-6-8(7,11-9-6)12-10-7/h6H,2-5H2,1H3. The van der Waals surface area contributed by atoms with Gasteiger partial charge in [-0.2, -0.15) is 20.5 Å². The summed E-state index contributed by atoms with van der Waals surface area (Å²) in [6, 6.07) is 0.365. The average molecular weight is 164 g/mol. The quantitative estimate of drug-likeness (QED) is 0.571. The number of hydrogen-bond donors (Lipinski definition) is 0. The van der Waals surface area contributed by atoms with Crippen molar-refractivity contribution in [2.24, 2.45) is 20.5 Å². The van der Waals surface area contributed by atoms with E-state index in [1.54, 1.807) is 0 Å². The molecule has 64 valence electrons. The highest BCUT2D eigenvalue weighted by Gasteiger charge is 2.68. The molecule has 3 atom stereocenters. The van der Waals surface area contributed by atoms with Gasteiger partial charge >= 0.3 is 0 Å². The van der Waals surface area contributed by atoms with Crippen LogP contribution in [-0.4, -0.2) is 17.2 Å². The van der Waals surface area contributed by atoms with Crippen LogP contribution < -0.4 is 0 Å². The monoisotopic (exact) mass is 164 g/mol. The van der Waals surface area contributed by atoms with Crippen LogP contribution in [0.5, 0.6) is 0 Å². The summed E-state index contributed by atoms with van der Waals surface area (Å²) in [5, 5.41) is 16.8. The Balaban J connectivity index is 2.06. The Kier molecular flexibility index (Phi) is 0.976. The van der Waals surface area contributed by atoms with Crippen molar-refractivity contribution in [1.29, 1.82) is 0 Å². The minimum atomic E-state index is -0.181. The van der Waals surface area contributed by atoms with E-state index in [4.69, 9.17) is 0 Å². The summed E-state index contributed by atoms with van der Waals surface area (Å²) in [5.41, 5.74) is -0.127. The van der Waals surface area contributed by atoms with E-state index >= 15 is 0 Å². The summed E-state index contributed by atoms with van der Waals surface area (Å²) < 4.78 is 0. The molecule has 2 heterocycles. The lowest BCUT2D eigenvalue weighted by molar-refractivity contribution is 0.00917. The van der Waals surface area contributed by atoms with Gasteiger partial charge in [0.25, 0.3) is 0 Å². The maximum Gasteiger partial charge on any atom is 0.240 e. The molecule has 3 rings (SSSR count). The molecule has 0 radical (unpaired) electrons. The van der Waals surface area contributed by atoms with Gasteiger partial charge in [0.1, 0.15) is 11.6 Å². The van der Waals surface area contributed by atoms with Gasteiger partial charge in [0.05, 0.1) is 0 Å². The average Bonchev–Trinajstić information content (AvgIpc) is 1.99. The predicted molar refractivity (Wildman–Crippen MR) is 43.1 cm³/mol. The summed E-state index contributed by atoms with van der Waals surface area (Å²) in [5.74, 6) is 0. The van der Waals surface area contributed by atoms with Gasteiger partial charge < -0.3 is 0 Å². The van der Waals surface area contributed by atoms with E-state index in [-0.39, 0.29) is 11.2 Å². The normalized spacial score (nSPS) is 53.6. The topological polar surface area (TPSA) is 49.4 Å². The smallest absolute Gasteiger partial charge is 0.183 e. The molecule has 1 fully saturated rings. The Morgan fingerprint density at radius 3 is 2.67 bits per heavy atom. The van der Waals surface area contributed by atoms with Crippen LogP contribution in [0.3, 0.4) is 0 Å². The van der Waals surface area contributed by atoms with Gasteiger partial charge in [0.15, 0.2) is 0 Å². The molecule has 0 amide bonds. The molecule has 0 bridgehead atoms. The molecular formula is C8H12N4. The number of azo groups is 2. The first-order chi connectivity index (χ1) is 5.83. The SMILES string of the molecule is CCC12CCCC3N=NC31N=N2. The summed E-state index contributed by atoms with van der Waals surface area (Å²) in [4.78, 5) is 0. The molecule has 4 heteroatoms. The van der Waals surface area contributed by atoms with E-state index in [9.17, 15) is 0 Å². The second-order valence-electron chi connectivity index (χ2n) is 3.93. The van der Waals surface area contributed by atoms with Gasteiger partial charge in [0.2, 0.25) is 5.66 Å². The second-order valence-corrected chi connectivity index (χ2v) is 3.93. The zero-order valence-corrected chi connectivity index (χ0v) is 7.19. The predicted octanol–water partition coefficient (Wildman–Crippen LogP) is 2.32. The molecule has 0 aromatic rings. The van der Waals surface area contributed by atoms with E-state index in [0.717, 1.165) is 19.3 Å². The highest BCUT2D eigenvalue weighted by molar-refractivity contribution is 5.24. The lowest BCUT2D eigenvalue weighted by Gasteiger charge is -2.55. The summed E-state index contributed by atoms with van der Waals surface area (Å²) in [6.07, 6.45) is 4.61. The maximum absolute atomic E-state index is 4.29. The molecule has 0 aromatic heterocycles. The minimum Gasteiger partial charge on any atom is -0.183 e. The molecule has 12 heavy (non-hydrogen) atoms. The van der Waals surface area contributed by atoms with Gasteiger partial charge in [0, 0.05) is 0 Å². The zero-order valence-electron chi connectivity index (χ0n) is 7.19. The Bertz CT molecular complexity index is 285. The van der Waals surface area contributed by atoms with Crippen molar-refractivity contribution >= 4 is 0 Å². The summed E-state index contributed by atoms with van der Waals surface area (Å²) >= 11 is 0. The van der Waals surface area contributed by atoms with Gasteiger partial charge in [-0.25, -0.2) is 0 Å². The Morgan fingerprint density at radius 1 is 1.33 bits per heavy atom. The molecule has 1 aliphatic carbocycles. The molecule has 1 spiro atoms. The Morgan fingerprint density at radius 2 is 2.25 bits per heavy atom. The highest BCUT2D eigenvalue weighted by atomic mass is 15.5. The van der Waals surface area contributed by atoms with Crippen LogP contribution in [0.25, 0.3) is 0 Å². The molecule has 1 saturated carbocycles. The third-order valence-corrected chi connectivity index (χ3v) is 3.55. The van der Waals surface area contributed by atoms with Crippen molar-refractivity contribution in [2.75, 3.05) is 0 Å². The van der Waals surface area contributed by atoms with Crippen LogP contribution in [0, 0.1) is 0 Å². The van der Waals surface area contributed by atoms with Crippen LogP contribution >= 0.6 is 0 Å². The van der Waals surface area contributed by atoms with Crippen molar-refractivity contribution in [3.05, 3.63) is 0 Å². The minimum absolute atomic E-state index is 0.0532. The lowest BCUT2D eigenvalue weighted by Crippen LogP contribution is -2.67. The molecule has 0 saturated heterocycles. The molecule has 0 N–H and O–H groups in total. The Hall–Kier alpha value is -0.800. The fourth-order valence-electron chi connectivity index (χ4n) is 2.62. The number of hydrogen-bond acceptors (Lipinski definition) is 4. The molecule has 3 aliphatic rings. The Labute approximate surface area is 71.2 Å². The molecule has 2 aliphatic heterocycles. The molecule has 3 unspecified atom stereocenters. The first-order valence-electron chi connectivity index (χ1n) is 4.69. The van der Waals surface area contributed by atoms with E-state index in [2.05, 4.69) is 27.4 Å². The van der Waals surface area contributed by atoms with Gasteiger partial charge in [-0.15, -0.1) is 0 Å². The van der Waals surface area contributed by atoms with Crippen molar-refractivity contribution in [3.63, 3.8) is 0 Å². The van der Waals surface area contributed by atoms with Crippen LogP contribution in [-0.2, 0) is 0 Å². The number of rotatable bonds is 1. The van der Waals surface area contributed by atoms with Crippen LogP contribution in [0.15, 0.2) is 20.5 Å². The van der Waals surface area contributed by atoms with Crippen molar-refractivity contribution in [2.45, 2.75) is 49.9 Å². The lowest BCUT2D eigenvalue weighted by atomic mass is 9.66. The van der Waals surface area contributed by atoms with Gasteiger partial charge in [-0.05, 0) is 25.7 Å². The van der Waals surface area contributed by atoms with Crippen molar-refractivity contribution in [1.82, 2.24) is 0 Å². The second kappa shape index (κ2) is 1.75. The summed E-state index contributed by atoms with van der Waals surface area (Å²) in [6.45, 7) is 2.18. The van der Waals surface area contributed by atoms with Crippen LogP contribution in [0.1, 0.15) is 32.6 Å². The van der Waals surface area contributed by atoms with Crippen LogP contribution in [0.4, 0.5) is 0 Å². The largest absolute Gasteiger partial charge is 0.240 e. The first kappa shape index (κ1) is 6.69. The number of nitrogens with zero attached hydrogens (tertiary/aromatic N) is 4. The fourth-order valence-corrected chi connectivity index (χ4v) is 2.62. The zero-order chi connectivity index (χ0) is 8.23. The molecule has 0 aromatic carbocycles. The highest BCUT2D eigenvalue weighted by Crippen LogP contribution is 2.57. The van der Waals surface area contributed by atoms with E-state index in [1.807, 2.05) is 0 Å². The third-order valence-electron chi connectivity index (χ3n) is 3.55. The van der Waals surface area contributed by atoms with Crippen LogP contribution in [0.2, 0.25) is 0 Å². The third kappa shape index (κ3) is 0.447. The molecule has 4 nitrogen and oxygen atoms in total. The fraction of sp³-hybridized carbons (Fsp3) is 1.00. The van der Waals surface area contributed by atoms with Gasteiger partial charge in [-0.3, -0.25) is 0 Å². The van der Waals surface area contributed by atoms with Crippen molar-refractivity contribution < 1.29 is 0 Å². The van der Waals surface area contributed by atoms with E-state index in [0.29, 0.717) is 6.04 Å². The van der Waals surface area contributed by atoms with E-state index < -0.39 is 0 Å². The summed E-state index contributed by atoms with van der Waals surface area (Å²) in [7, 11) is 0. The first-order valence-corrected chi connectivity index (χ1v) is 4.69. The van der Waals surface area contributed by atoms with Gasteiger partial charge in [-0.1, -0.05) is 6.92 Å². The van der Waals surface area contributed by atoms with Crippen molar-refractivity contribution in [3.8, 4) is 0 Å². The van der Waals surface area contributed by atoms with E-state index in [1.165, 1.54) is 6.42 Å².